The molecule has 0 aromatic heterocycles. The summed E-state index contributed by atoms with van der Waals surface area (Å²) < 4.78 is 4.78. The van der Waals surface area contributed by atoms with Crippen molar-refractivity contribution in [2.75, 3.05) is 18.9 Å². The van der Waals surface area contributed by atoms with Crippen LogP contribution in [-0.4, -0.2) is 36.7 Å². The topological polar surface area (TPSA) is 98.5 Å². The third-order valence-electron chi connectivity index (χ3n) is 2.42. The summed E-state index contributed by atoms with van der Waals surface area (Å²) in [5, 5.41) is 2.23. The molecule has 7 heteroatoms. The number of carbonyl (C=O) groups excluding carboxylic acids is 3. The smallest absolute Gasteiger partial charge is 0.307 e. The second-order valence-corrected chi connectivity index (χ2v) is 5.48. The summed E-state index contributed by atoms with van der Waals surface area (Å²) in [6, 6.07) is 7.98. The first-order chi connectivity index (χ1) is 9.97. The Hall–Kier alpha value is -2.02. The van der Waals surface area contributed by atoms with Gasteiger partial charge in [0.2, 0.25) is 5.91 Å². The van der Waals surface area contributed by atoms with E-state index in [-0.39, 0.29) is 13.0 Å². The van der Waals surface area contributed by atoms with Crippen LogP contribution in [0, 0.1) is 6.92 Å². The van der Waals surface area contributed by atoms with Crippen LogP contribution in [0.15, 0.2) is 29.2 Å². The number of amides is 2. The number of ether oxygens (including phenoxy) is 1. The summed E-state index contributed by atoms with van der Waals surface area (Å²) in [7, 11) is 0. The highest BCUT2D eigenvalue weighted by atomic mass is 32.2. The van der Waals surface area contributed by atoms with Crippen LogP contribution in [0.4, 0.5) is 0 Å². The molecule has 0 unspecified atom stereocenters. The first-order valence-electron chi connectivity index (χ1n) is 6.37. The molecule has 3 N–H and O–H groups in total. The largest absolute Gasteiger partial charge is 0.456 e. The molecule has 0 bridgehead atoms. The first-order valence-corrected chi connectivity index (χ1v) is 7.36. The lowest BCUT2D eigenvalue weighted by Crippen LogP contribution is -2.36. The molecule has 0 spiro atoms. The van der Waals surface area contributed by atoms with Crippen LogP contribution in [0.5, 0.6) is 0 Å². The van der Waals surface area contributed by atoms with Crippen LogP contribution < -0.4 is 11.1 Å². The number of aryl methyl sites for hydroxylation is 1. The van der Waals surface area contributed by atoms with Crippen LogP contribution >= 0.6 is 11.8 Å². The van der Waals surface area contributed by atoms with Crippen molar-refractivity contribution >= 4 is 29.5 Å². The maximum absolute atomic E-state index is 11.4. The number of carbonyl (C=O) groups is 3. The lowest BCUT2D eigenvalue weighted by atomic mass is 10.2. The second-order valence-electron chi connectivity index (χ2n) is 4.32. The summed E-state index contributed by atoms with van der Waals surface area (Å²) in [6.07, 6.45) is 0.210. The van der Waals surface area contributed by atoms with Crippen LogP contribution in [0.2, 0.25) is 0 Å². The van der Waals surface area contributed by atoms with Crippen LogP contribution in [0.1, 0.15) is 12.0 Å². The highest BCUT2D eigenvalue weighted by Crippen LogP contribution is 2.19. The molecule has 0 saturated carbocycles. The molecule has 0 aliphatic carbocycles. The van der Waals surface area contributed by atoms with Crippen LogP contribution in [-0.2, 0) is 19.1 Å². The molecule has 1 aromatic rings. The van der Waals surface area contributed by atoms with Gasteiger partial charge in [-0.05, 0) is 19.1 Å². The molecule has 0 heterocycles. The zero-order valence-corrected chi connectivity index (χ0v) is 12.6. The van der Waals surface area contributed by atoms with Crippen molar-refractivity contribution in [2.24, 2.45) is 5.73 Å². The van der Waals surface area contributed by atoms with E-state index in [4.69, 9.17) is 10.5 Å². The van der Waals surface area contributed by atoms with E-state index >= 15 is 0 Å². The maximum Gasteiger partial charge on any atom is 0.307 e. The normalized spacial score (nSPS) is 9.95. The van der Waals surface area contributed by atoms with Gasteiger partial charge in [0.1, 0.15) is 0 Å². The number of hydrogen-bond donors (Lipinski definition) is 2. The Bertz CT molecular complexity index is 502. The number of rotatable bonds is 8. The summed E-state index contributed by atoms with van der Waals surface area (Å²) in [5.41, 5.74) is 6.04. The summed E-state index contributed by atoms with van der Waals surface area (Å²) in [6.45, 7) is 1.34. The number of esters is 1. The Morgan fingerprint density at radius 1 is 1.24 bits per heavy atom. The average Bonchev–Trinajstić information content (AvgIpc) is 2.45. The Labute approximate surface area is 127 Å². The number of hydrogen-bond acceptors (Lipinski definition) is 5. The quantitative estimate of drug-likeness (QED) is 0.542. The Morgan fingerprint density at radius 2 is 1.90 bits per heavy atom. The van der Waals surface area contributed by atoms with Crippen molar-refractivity contribution < 1.29 is 19.1 Å². The molecule has 0 atom stereocenters. The lowest BCUT2D eigenvalue weighted by molar-refractivity contribution is -0.148. The van der Waals surface area contributed by atoms with Crippen molar-refractivity contribution in [3.8, 4) is 0 Å². The Kier molecular flexibility index (Phi) is 7.31. The van der Waals surface area contributed by atoms with E-state index in [1.807, 2.05) is 31.2 Å². The average molecular weight is 310 g/mol. The van der Waals surface area contributed by atoms with E-state index in [2.05, 4.69) is 5.32 Å². The van der Waals surface area contributed by atoms with E-state index in [1.165, 1.54) is 5.56 Å². The molecule has 1 rings (SSSR count). The number of nitrogens with one attached hydrogen (secondary N) is 1. The monoisotopic (exact) mass is 310 g/mol. The summed E-state index contributed by atoms with van der Waals surface area (Å²) in [4.78, 5) is 34.1. The molecule has 21 heavy (non-hydrogen) atoms. The van der Waals surface area contributed by atoms with Gasteiger partial charge in [-0.2, -0.15) is 0 Å². The first kappa shape index (κ1) is 17.0. The van der Waals surface area contributed by atoms with Gasteiger partial charge in [-0.3, -0.25) is 14.4 Å². The van der Waals surface area contributed by atoms with Gasteiger partial charge in [0.15, 0.2) is 6.61 Å². The summed E-state index contributed by atoms with van der Waals surface area (Å²) in [5.74, 6) is -1.08. The molecule has 6 nitrogen and oxygen atoms in total. The van der Waals surface area contributed by atoms with Gasteiger partial charge in [0.25, 0.3) is 5.91 Å². The molecule has 0 saturated heterocycles. The van der Waals surface area contributed by atoms with Gasteiger partial charge in [0, 0.05) is 10.6 Å². The second kappa shape index (κ2) is 9.02. The molecular formula is C14H18N2O4S. The van der Waals surface area contributed by atoms with Crippen molar-refractivity contribution in [1.29, 1.82) is 0 Å². The zero-order chi connectivity index (χ0) is 15.7. The minimum atomic E-state index is -0.649. The summed E-state index contributed by atoms with van der Waals surface area (Å²) >= 11 is 1.54. The number of primary amides is 1. The van der Waals surface area contributed by atoms with E-state index in [0.717, 1.165) is 4.90 Å². The minimum Gasteiger partial charge on any atom is -0.456 e. The molecule has 2 amide bonds. The fraction of sp³-hybridized carbons (Fsp3) is 0.357. The molecule has 1 aromatic carbocycles. The third-order valence-corrected chi connectivity index (χ3v) is 3.43. The molecule has 0 aliphatic rings. The standard InChI is InChI=1S/C14H18N2O4S/c1-10-2-4-11(5-3-10)21-7-6-14(19)20-9-13(18)16-8-12(15)17/h2-5H,6-9H2,1H3,(H2,15,17)(H,16,18). The maximum atomic E-state index is 11.4. The van der Waals surface area contributed by atoms with E-state index in [0.29, 0.717) is 5.75 Å². The van der Waals surface area contributed by atoms with Gasteiger partial charge in [-0.25, -0.2) is 0 Å². The molecule has 0 aliphatic heterocycles. The van der Waals surface area contributed by atoms with Crippen molar-refractivity contribution in [3.63, 3.8) is 0 Å². The molecular weight excluding hydrogens is 292 g/mol. The van der Waals surface area contributed by atoms with Crippen molar-refractivity contribution in [1.82, 2.24) is 5.32 Å². The SMILES string of the molecule is Cc1ccc(SCCC(=O)OCC(=O)NCC(N)=O)cc1. The van der Waals surface area contributed by atoms with E-state index in [1.54, 1.807) is 11.8 Å². The fourth-order valence-electron chi connectivity index (χ4n) is 1.34. The molecule has 0 fully saturated rings. The van der Waals surface area contributed by atoms with Crippen LogP contribution in [0.25, 0.3) is 0 Å². The number of thioether (sulfide) groups is 1. The van der Waals surface area contributed by atoms with Crippen molar-refractivity contribution in [2.45, 2.75) is 18.2 Å². The van der Waals surface area contributed by atoms with E-state index in [9.17, 15) is 14.4 Å². The zero-order valence-electron chi connectivity index (χ0n) is 11.8. The minimum absolute atomic E-state index is 0.210. The van der Waals surface area contributed by atoms with Gasteiger partial charge >= 0.3 is 5.97 Å². The number of benzene rings is 1. The van der Waals surface area contributed by atoms with Gasteiger partial charge in [-0.15, -0.1) is 11.8 Å². The van der Waals surface area contributed by atoms with Gasteiger partial charge in [0.05, 0.1) is 13.0 Å². The van der Waals surface area contributed by atoms with Crippen molar-refractivity contribution in [3.05, 3.63) is 29.8 Å². The van der Waals surface area contributed by atoms with Gasteiger partial charge < -0.3 is 15.8 Å². The highest BCUT2D eigenvalue weighted by Gasteiger charge is 2.08. The molecule has 0 radical (unpaired) electrons. The fourth-order valence-corrected chi connectivity index (χ4v) is 2.17. The van der Waals surface area contributed by atoms with E-state index < -0.39 is 24.4 Å². The highest BCUT2D eigenvalue weighted by molar-refractivity contribution is 7.99. The third kappa shape index (κ3) is 7.98. The van der Waals surface area contributed by atoms with Crippen LogP contribution in [0.3, 0.4) is 0 Å². The lowest BCUT2D eigenvalue weighted by Gasteiger charge is -2.05. The Balaban J connectivity index is 2.15. The Morgan fingerprint density at radius 3 is 2.52 bits per heavy atom. The van der Waals surface area contributed by atoms with Gasteiger partial charge in [-0.1, -0.05) is 17.7 Å². The predicted octanol–water partition coefficient (Wildman–Crippen LogP) is 0.622. The predicted molar refractivity (Wildman–Crippen MR) is 79.7 cm³/mol. The molecule has 114 valence electrons. The number of nitrogens with two attached hydrogens (primary N) is 1.